The Bertz CT molecular complexity index is 546. The van der Waals surface area contributed by atoms with Crippen LogP contribution in [0.3, 0.4) is 0 Å². The maximum atomic E-state index is 6.37. The molecule has 0 radical (unpaired) electrons. The van der Waals surface area contributed by atoms with Gasteiger partial charge in [0.05, 0.1) is 0 Å². The SMILES string of the molecule is C=C[C@H](c1ccc(Br)cc1)[C@@H](N)c1ccc(Br)cc1. The molecule has 2 atom stereocenters. The summed E-state index contributed by atoms with van der Waals surface area (Å²) in [5.41, 5.74) is 8.65. The fourth-order valence-corrected chi connectivity index (χ4v) is 2.60. The maximum absolute atomic E-state index is 6.37. The molecule has 3 heteroatoms. The van der Waals surface area contributed by atoms with Gasteiger partial charge in [-0.3, -0.25) is 0 Å². The van der Waals surface area contributed by atoms with E-state index in [1.165, 1.54) is 5.56 Å². The Morgan fingerprint density at radius 2 is 1.26 bits per heavy atom. The zero-order chi connectivity index (χ0) is 13.8. The van der Waals surface area contributed by atoms with E-state index < -0.39 is 0 Å². The molecule has 2 aromatic rings. The molecule has 0 amide bonds. The number of benzene rings is 2. The van der Waals surface area contributed by atoms with Gasteiger partial charge in [-0.05, 0) is 35.4 Å². The van der Waals surface area contributed by atoms with Crippen molar-refractivity contribution in [1.29, 1.82) is 0 Å². The van der Waals surface area contributed by atoms with Crippen molar-refractivity contribution in [1.82, 2.24) is 0 Å². The van der Waals surface area contributed by atoms with Gasteiger partial charge in [0.1, 0.15) is 0 Å². The van der Waals surface area contributed by atoms with Crippen LogP contribution < -0.4 is 5.73 Å². The van der Waals surface area contributed by atoms with Crippen molar-refractivity contribution in [2.75, 3.05) is 0 Å². The van der Waals surface area contributed by atoms with Crippen LogP contribution in [0.15, 0.2) is 70.1 Å². The van der Waals surface area contributed by atoms with Crippen molar-refractivity contribution in [3.05, 3.63) is 81.3 Å². The molecule has 98 valence electrons. The van der Waals surface area contributed by atoms with Crippen LogP contribution in [0.1, 0.15) is 23.1 Å². The summed E-state index contributed by atoms with van der Waals surface area (Å²) in [4.78, 5) is 0. The lowest BCUT2D eigenvalue weighted by Crippen LogP contribution is -2.18. The molecule has 0 aliphatic carbocycles. The second-order valence-corrected chi connectivity index (χ2v) is 6.22. The third-order valence-electron chi connectivity index (χ3n) is 3.15. The van der Waals surface area contributed by atoms with E-state index in [9.17, 15) is 0 Å². The summed E-state index contributed by atoms with van der Waals surface area (Å²) in [6, 6.07) is 16.2. The van der Waals surface area contributed by atoms with Crippen LogP contribution in [-0.2, 0) is 0 Å². The summed E-state index contributed by atoms with van der Waals surface area (Å²) in [5.74, 6) is 0.106. The predicted molar refractivity (Wildman–Crippen MR) is 88.2 cm³/mol. The van der Waals surface area contributed by atoms with Crippen LogP contribution in [-0.4, -0.2) is 0 Å². The Labute approximate surface area is 130 Å². The van der Waals surface area contributed by atoms with Gasteiger partial charge in [0.15, 0.2) is 0 Å². The highest BCUT2D eigenvalue weighted by molar-refractivity contribution is 9.10. The van der Waals surface area contributed by atoms with Crippen molar-refractivity contribution in [3.63, 3.8) is 0 Å². The van der Waals surface area contributed by atoms with Gasteiger partial charge in [0.2, 0.25) is 0 Å². The normalized spacial score (nSPS) is 13.8. The van der Waals surface area contributed by atoms with Gasteiger partial charge in [-0.25, -0.2) is 0 Å². The smallest absolute Gasteiger partial charge is 0.0399 e. The maximum Gasteiger partial charge on any atom is 0.0399 e. The van der Waals surface area contributed by atoms with E-state index in [0.717, 1.165) is 14.5 Å². The standard InChI is InChI=1S/C16H15Br2N/c1-2-15(11-3-7-13(17)8-4-11)16(19)12-5-9-14(18)10-6-12/h2-10,15-16H,1,19H2/t15-,16+/m1/s1. The molecule has 0 bridgehead atoms. The Kier molecular flexibility index (Phi) is 4.97. The monoisotopic (exact) mass is 379 g/mol. The Hall–Kier alpha value is -0.900. The minimum Gasteiger partial charge on any atom is -0.323 e. The Morgan fingerprint density at radius 3 is 1.68 bits per heavy atom. The van der Waals surface area contributed by atoms with Gasteiger partial charge in [-0.15, -0.1) is 6.58 Å². The molecule has 0 heterocycles. The van der Waals surface area contributed by atoms with Crippen LogP contribution >= 0.6 is 31.9 Å². The summed E-state index contributed by atoms with van der Waals surface area (Å²) >= 11 is 6.88. The number of hydrogen-bond donors (Lipinski definition) is 1. The molecule has 1 nitrogen and oxygen atoms in total. The minimum absolute atomic E-state index is 0.0909. The number of nitrogens with two attached hydrogens (primary N) is 1. The molecule has 0 unspecified atom stereocenters. The number of hydrogen-bond acceptors (Lipinski definition) is 1. The third-order valence-corrected chi connectivity index (χ3v) is 4.21. The lowest BCUT2D eigenvalue weighted by Gasteiger charge is -2.21. The highest BCUT2D eigenvalue weighted by atomic mass is 79.9. The zero-order valence-electron chi connectivity index (χ0n) is 10.4. The van der Waals surface area contributed by atoms with E-state index in [1.54, 1.807) is 0 Å². The van der Waals surface area contributed by atoms with Crippen LogP contribution in [0.25, 0.3) is 0 Å². The van der Waals surface area contributed by atoms with E-state index >= 15 is 0 Å². The summed E-state index contributed by atoms with van der Waals surface area (Å²) < 4.78 is 2.12. The van der Waals surface area contributed by atoms with Crippen molar-refractivity contribution in [3.8, 4) is 0 Å². The van der Waals surface area contributed by atoms with Gasteiger partial charge in [-0.1, -0.05) is 62.2 Å². The molecule has 0 spiro atoms. The fraction of sp³-hybridized carbons (Fsp3) is 0.125. The van der Waals surface area contributed by atoms with E-state index in [-0.39, 0.29) is 12.0 Å². The lowest BCUT2D eigenvalue weighted by molar-refractivity contribution is 0.647. The molecule has 0 fully saturated rings. The third kappa shape index (κ3) is 3.56. The first-order valence-electron chi connectivity index (χ1n) is 6.01. The lowest BCUT2D eigenvalue weighted by atomic mass is 9.88. The topological polar surface area (TPSA) is 26.0 Å². The molecule has 2 rings (SSSR count). The Morgan fingerprint density at radius 1 is 0.842 bits per heavy atom. The summed E-state index contributed by atoms with van der Waals surface area (Å²) in [6.45, 7) is 3.92. The van der Waals surface area contributed by atoms with E-state index in [0.29, 0.717) is 0 Å². The molecular formula is C16H15Br2N. The number of halogens is 2. The molecule has 0 aliphatic heterocycles. The van der Waals surface area contributed by atoms with Gasteiger partial charge in [0, 0.05) is 20.9 Å². The highest BCUT2D eigenvalue weighted by Gasteiger charge is 2.18. The molecular weight excluding hydrogens is 366 g/mol. The molecule has 2 aromatic carbocycles. The van der Waals surface area contributed by atoms with E-state index in [4.69, 9.17) is 5.73 Å². The van der Waals surface area contributed by atoms with Crippen LogP contribution in [0.4, 0.5) is 0 Å². The van der Waals surface area contributed by atoms with E-state index in [1.807, 2.05) is 42.5 Å². The molecule has 19 heavy (non-hydrogen) atoms. The van der Waals surface area contributed by atoms with Crippen molar-refractivity contribution < 1.29 is 0 Å². The van der Waals surface area contributed by atoms with Gasteiger partial charge in [0.25, 0.3) is 0 Å². The fourth-order valence-electron chi connectivity index (χ4n) is 2.07. The second kappa shape index (κ2) is 6.51. The average molecular weight is 381 g/mol. The van der Waals surface area contributed by atoms with Crippen molar-refractivity contribution in [2.24, 2.45) is 5.73 Å². The molecule has 0 saturated carbocycles. The van der Waals surface area contributed by atoms with Crippen LogP contribution in [0, 0.1) is 0 Å². The van der Waals surface area contributed by atoms with Crippen LogP contribution in [0.2, 0.25) is 0 Å². The molecule has 0 aromatic heterocycles. The van der Waals surface area contributed by atoms with Crippen molar-refractivity contribution >= 4 is 31.9 Å². The largest absolute Gasteiger partial charge is 0.323 e. The first kappa shape index (κ1) is 14.5. The summed E-state index contributed by atoms with van der Waals surface area (Å²) in [5, 5.41) is 0. The van der Waals surface area contributed by atoms with Gasteiger partial charge >= 0.3 is 0 Å². The quantitative estimate of drug-likeness (QED) is 0.726. The van der Waals surface area contributed by atoms with Crippen LogP contribution in [0.5, 0.6) is 0 Å². The Balaban J connectivity index is 2.28. The van der Waals surface area contributed by atoms with Gasteiger partial charge < -0.3 is 5.73 Å². The van der Waals surface area contributed by atoms with E-state index in [2.05, 4.69) is 50.6 Å². The molecule has 0 aliphatic rings. The zero-order valence-corrected chi connectivity index (χ0v) is 13.6. The first-order valence-corrected chi connectivity index (χ1v) is 7.59. The van der Waals surface area contributed by atoms with Gasteiger partial charge in [-0.2, -0.15) is 0 Å². The minimum atomic E-state index is -0.0909. The summed E-state index contributed by atoms with van der Waals surface area (Å²) in [6.07, 6.45) is 1.91. The highest BCUT2D eigenvalue weighted by Crippen LogP contribution is 2.31. The predicted octanol–water partition coefficient (Wildman–Crippen LogP) is 5.18. The molecule has 2 N–H and O–H groups in total. The second-order valence-electron chi connectivity index (χ2n) is 4.39. The van der Waals surface area contributed by atoms with Crippen molar-refractivity contribution in [2.45, 2.75) is 12.0 Å². The first-order chi connectivity index (χ1) is 9.11. The summed E-state index contributed by atoms with van der Waals surface area (Å²) in [7, 11) is 0. The number of rotatable bonds is 4. The average Bonchev–Trinajstić information content (AvgIpc) is 2.42. The molecule has 0 saturated heterocycles.